The van der Waals surface area contributed by atoms with Crippen molar-refractivity contribution in [3.05, 3.63) is 65.0 Å². The number of anilines is 1. The third kappa shape index (κ3) is 5.69. The second-order valence-corrected chi connectivity index (χ2v) is 11.6. The fourth-order valence-corrected chi connectivity index (χ4v) is 5.90. The molecule has 1 saturated heterocycles. The second-order valence-electron chi connectivity index (χ2n) is 8.84. The van der Waals surface area contributed by atoms with E-state index in [1.165, 1.54) is 16.9 Å². The lowest BCUT2D eigenvalue weighted by molar-refractivity contribution is 0.288. The fourth-order valence-electron chi connectivity index (χ4n) is 3.76. The van der Waals surface area contributed by atoms with Crippen LogP contribution in [0.25, 0.3) is 11.3 Å². The average molecular weight is 483 g/mol. The number of nitrogens with one attached hydrogen (secondary N) is 1. The molecule has 0 saturated carbocycles. The molecule has 0 atom stereocenters. The predicted molar refractivity (Wildman–Crippen MR) is 136 cm³/mol. The molecule has 0 amide bonds. The molecule has 174 valence electrons. The van der Waals surface area contributed by atoms with E-state index in [2.05, 4.69) is 48.4 Å². The summed E-state index contributed by atoms with van der Waals surface area (Å²) in [5.74, 6) is 1.09. The van der Waals surface area contributed by atoms with Crippen LogP contribution in [0.15, 0.2) is 63.9 Å². The van der Waals surface area contributed by atoms with Gasteiger partial charge in [0.25, 0.3) is 0 Å². The monoisotopic (exact) mass is 482 g/mol. The van der Waals surface area contributed by atoms with Crippen molar-refractivity contribution in [3.8, 4) is 11.3 Å². The van der Waals surface area contributed by atoms with Crippen molar-refractivity contribution in [1.82, 2.24) is 9.29 Å². The van der Waals surface area contributed by atoms with Crippen molar-refractivity contribution in [2.45, 2.75) is 44.4 Å². The van der Waals surface area contributed by atoms with E-state index >= 15 is 0 Å². The molecule has 2 heterocycles. The summed E-state index contributed by atoms with van der Waals surface area (Å²) in [7, 11) is -3.44. The zero-order chi connectivity index (χ0) is 23.4. The highest BCUT2D eigenvalue weighted by atomic mass is 32.2. The van der Waals surface area contributed by atoms with E-state index in [0.717, 1.165) is 29.7 Å². The van der Waals surface area contributed by atoms with E-state index in [1.807, 2.05) is 29.6 Å². The van der Waals surface area contributed by atoms with Gasteiger partial charge in [-0.1, -0.05) is 57.2 Å². The molecular formula is C25H30N4O2S2. The maximum absolute atomic E-state index is 12.9. The van der Waals surface area contributed by atoms with E-state index in [9.17, 15) is 8.42 Å². The van der Waals surface area contributed by atoms with Gasteiger partial charge in [-0.05, 0) is 47.9 Å². The van der Waals surface area contributed by atoms with Gasteiger partial charge < -0.3 is 0 Å². The van der Waals surface area contributed by atoms with Crippen molar-refractivity contribution in [2.24, 2.45) is 11.0 Å². The van der Waals surface area contributed by atoms with Crippen LogP contribution >= 0.6 is 11.3 Å². The van der Waals surface area contributed by atoms with Gasteiger partial charge in [0.2, 0.25) is 15.2 Å². The van der Waals surface area contributed by atoms with Crippen molar-refractivity contribution in [3.63, 3.8) is 0 Å². The first-order chi connectivity index (χ1) is 15.8. The van der Waals surface area contributed by atoms with Crippen LogP contribution < -0.4 is 5.43 Å². The molecule has 1 aliphatic rings. The summed E-state index contributed by atoms with van der Waals surface area (Å²) in [5.41, 5.74) is 6.96. The number of benzene rings is 2. The molecule has 0 aliphatic carbocycles. The van der Waals surface area contributed by atoms with Crippen LogP contribution in [-0.2, 0) is 10.0 Å². The molecule has 1 N–H and O–H groups in total. The fraction of sp³-hybridized carbons (Fsp3) is 0.360. The molecule has 8 heteroatoms. The van der Waals surface area contributed by atoms with E-state index in [-0.39, 0.29) is 0 Å². The Kier molecular flexibility index (Phi) is 7.26. The first-order valence-electron chi connectivity index (χ1n) is 11.3. The van der Waals surface area contributed by atoms with Crippen LogP contribution in [0, 0.1) is 5.92 Å². The normalized spacial score (nSPS) is 16.0. The lowest BCUT2D eigenvalue weighted by Crippen LogP contribution is -2.37. The third-order valence-electron chi connectivity index (χ3n) is 6.01. The standard InChI is InChI=1S/C25H30N4O2S2/c1-18(2)21-6-4-20(5-7-21)16-26-28-25-27-24(17-32-25)22-8-10-23(11-9-22)33(30,31)29-14-12-19(3)13-15-29/h4-11,16-19H,12-15H2,1-3H3,(H,27,28)/b26-16+. The largest absolute Gasteiger partial charge is 0.253 e. The van der Waals surface area contributed by atoms with Crippen molar-refractivity contribution in [2.75, 3.05) is 18.5 Å². The highest BCUT2D eigenvalue weighted by molar-refractivity contribution is 7.89. The van der Waals surface area contributed by atoms with Gasteiger partial charge in [-0.25, -0.2) is 13.4 Å². The van der Waals surface area contributed by atoms with Gasteiger partial charge in [0, 0.05) is 24.0 Å². The predicted octanol–water partition coefficient (Wildman–Crippen LogP) is 5.80. The molecular weight excluding hydrogens is 452 g/mol. The Hall–Kier alpha value is -2.55. The number of hydrazone groups is 1. The Bertz CT molecular complexity index is 1190. The molecule has 1 aromatic heterocycles. The summed E-state index contributed by atoms with van der Waals surface area (Å²) in [6, 6.07) is 15.3. The lowest BCUT2D eigenvalue weighted by atomic mass is 10.0. The van der Waals surface area contributed by atoms with Gasteiger partial charge in [-0.2, -0.15) is 9.41 Å². The Morgan fingerprint density at radius 2 is 1.76 bits per heavy atom. The number of sulfonamides is 1. The van der Waals surface area contributed by atoms with Crippen LogP contribution in [0.3, 0.4) is 0 Å². The number of aromatic nitrogens is 1. The number of thiazole rings is 1. The molecule has 0 spiro atoms. The number of hydrogen-bond donors (Lipinski definition) is 1. The van der Waals surface area contributed by atoms with Gasteiger partial charge in [0.1, 0.15) is 0 Å². The van der Waals surface area contributed by atoms with Gasteiger partial charge in [-0.15, -0.1) is 11.3 Å². The SMILES string of the molecule is CC1CCN(S(=O)(=O)c2ccc(-c3csc(N/N=C/c4ccc(C(C)C)cc4)n3)cc2)CC1. The molecule has 33 heavy (non-hydrogen) atoms. The molecule has 1 aliphatic heterocycles. The molecule has 1 fully saturated rings. The highest BCUT2D eigenvalue weighted by Gasteiger charge is 2.27. The Labute approximate surface area is 200 Å². The van der Waals surface area contributed by atoms with Gasteiger partial charge in [0.15, 0.2) is 0 Å². The van der Waals surface area contributed by atoms with Crippen molar-refractivity contribution in [1.29, 1.82) is 0 Å². The van der Waals surface area contributed by atoms with Crippen LogP contribution in [0.2, 0.25) is 0 Å². The lowest BCUT2D eigenvalue weighted by Gasteiger charge is -2.29. The topological polar surface area (TPSA) is 74.7 Å². The first kappa shape index (κ1) is 23.6. The van der Waals surface area contributed by atoms with Gasteiger partial charge >= 0.3 is 0 Å². The Balaban J connectivity index is 1.39. The molecule has 2 aromatic carbocycles. The van der Waals surface area contributed by atoms with E-state index in [1.54, 1.807) is 22.7 Å². The quantitative estimate of drug-likeness (QED) is 0.341. The minimum atomic E-state index is -3.44. The zero-order valence-corrected chi connectivity index (χ0v) is 20.9. The summed E-state index contributed by atoms with van der Waals surface area (Å²) in [6.45, 7) is 7.70. The van der Waals surface area contributed by atoms with Gasteiger partial charge in [-0.3, -0.25) is 5.43 Å². The molecule has 0 unspecified atom stereocenters. The number of rotatable bonds is 7. The Morgan fingerprint density at radius 3 is 2.39 bits per heavy atom. The molecule has 3 aromatic rings. The summed E-state index contributed by atoms with van der Waals surface area (Å²) in [5, 5.41) is 6.90. The second kappa shape index (κ2) is 10.2. The molecule has 4 rings (SSSR count). The number of hydrogen-bond acceptors (Lipinski definition) is 6. The van der Waals surface area contributed by atoms with Crippen molar-refractivity contribution < 1.29 is 8.42 Å². The average Bonchev–Trinajstić information content (AvgIpc) is 3.29. The van der Waals surface area contributed by atoms with Crippen LogP contribution in [-0.4, -0.2) is 37.0 Å². The maximum atomic E-state index is 12.9. The molecule has 0 radical (unpaired) electrons. The summed E-state index contributed by atoms with van der Waals surface area (Å²) >= 11 is 1.46. The maximum Gasteiger partial charge on any atom is 0.243 e. The van der Waals surface area contributed by atoms with Crippen LogP contribution in [0.1, 0.15) is 50.7 Å². The summed E-state index contributed by atoms with van der Waals surface area (Å²) < 4.78 is 27.4. The zero-order valence-electron chi connectivity index (χ0n) is 19.2. The smallest absolute Gasteiger partial charge is 0.243 e. The third-order valence-corrected chi connectivity index (χ3v) is 8.67. The summed E-state index contributed by atoms with van der Waals surface area (Å²) in [6.07, 6.45) is 3.60. The van der Waals surface area contributed by atoms with Crippen molar-refractivity contribution >= 4 is 32.7 Å². The van der Waals surface area contributed by atoms with E-state index < -0.39 is 10.0 Å². The van der Waals surface area contributed by atoms with Crippen LogP contribution in [0.4, 0.5) is 5.13 Å². The van der Waals surface area contributed by atoms with Crippen LogP contribution in [0.5, 0.6) is 0 Å². The molecule has 6 nitrogen and oxygen atoms in total. The number of nitrogens with zero attached hydrogens (tertiary/aromatic N) is 3. The minimum Gasteiger partial charge on any atom is -0.253 e. The molecule has 0 bridgehead atoms. The van der Waals surface area contributed by atoms with Gasteiger partial charge in [0.05, 0.1) is 16.8 Å². The number of piperidine rings is 1. The Morgan fingerprint density at radius 1 is 1.09 bits per heavy atom. The summed E-state index contributed by atoms with van der Waals surface area (Å²) in [4.78, 5) is 4.91. The minimum absolute atomic E-state index is 0.336. The van der Waals surface area contributed by atoms with E-state index in [0.29, 0.717) is 35.0 Å². The highest BCUT2D eigenvalue weighted by Crippen LogP contribution is 2.28. The first-order valence-corrected chi connectivity index (χ1v) is 13.6. The van der Waals surface area contributed by atoms with E-state index in [4.69, 9.17) is 0 Å².